The van der Waals surface area contributed by atoms with Gasteiger partial charge in [0.2, 0.25) is 0 Å². The van der Waals surface area contributed by atoms with E-state index >= 15 is 0 Å². The molecule has 0 aromatic heterocycles. The van der Waals surface area contributed by atoms with Gasteiger partial charge in [0, 0.05) is 18.1 Å². The van der Waals surface area contributed by atoms with Crippen LogP contribution in [0.25, 0.3) is 0 Å². The summed E-state index contributed by atoms with van der Waals surface area (Å²) in [6, 6.07) is 9.48. The van der Waals surface area contributed by atoms with Gasteiger partial charge in [0.1, 0.15) is 17.3 Å². The smallest absolute Gasteiger partial charge is 0.184 e. The second-order valence-corrected chi connectivity index (χ2v) is 9.07. The lowest BCUT2D eigenvalue weighted by atomic mass is 9.70. The Balaban J connectivity index is 1.62. The van der Waals surface area contributed by atoms with E-state index in [9.17, 15) is 5.11 Å². The Morgan fingerprint density at radius 2 is 2.07 bits per heavy atom. The molecule has 3 rings (SSSR count). The Morgan fingerprint density at radius 1 is 1.33 bits per heavy atom. The van der Waals surface area contributed by atoms with Crippen molar-refractivity contribution in [2.75, 3.05) is 13.2 Å². The van der Waals surface area contributed by atoms with Crippen molar-refractivity contribution in [2.45, 2.75) is 74.4 Å². The van der Waals surface area contributed by atoms with Gasteiger partial charge in [-0.15, -0.1) is 19.2 Å². The van der Waals surface area contributed by atoms with E-state index in [1.807, 2.05) is 43.3 Å². The molecule has 0 amide bonds. The van der Waals surface area contributed by atoms with Crippen molar-refractivity contribution in [3.8, 4) is 0 Å². The topological polar surface area (TPSA) is 60.0 Å². The zero-order valence-corrected chi connectivity index (χ0v) is 18.7. The molecule has 0 saturated carbocycles. The summed E-state index contributed by atoms with van der Waals surface area (Å²) in [4.78, 5) is -1.45. The number of fused-ring (bicyclic) bond motifs is 1. The van der Waals surface area contributed by atoms with E-state index < -0.39 is 29.5 Å². The third-order valence-electron chi connectivity index (χ3n) is 5.91. The van der Waals surface area contributed by atoms with Gasteiger partial charge in [-0.2, -0.15) is 0 Å². The van der Waals surface area contributed by atoms with E-state index in [1.165, 1.54) is 0 Å². The number of allylic oxidation sites excluding steroid dienone is 1. The third-order valence-corrected chi connectivity index (χ3v) is 6.47. The van der Waals surface area contributed by atoms with Crippen molar-refractivity contribution in [3.63, 3.8) is 0 Å². The molecule has 0 spiro atoms. The number of hydrogen-bond donors (Lipinski definition) is 3. The van der Waals surface area contributed by atoms with Crippen molar-refractivity contribution >= 4 is 20.5 Å². The van der Waals surface area contributed by atoms with Gasteiger partial charge in [-0.1, -0.05) is 62.0 Å². The van der Waals surface area contributed by atoms with Crippen molar-refractivity contribution in [3.05, 3.63) is 48.6 Å². The highest BCUT2D eigenvalue weighted by Gasteiger charge is 2.57. The monoisotopic (exact) mass is 431 g/mol. The van der Waals surface area contributed by atoms with Crippen LogP contribution in [0.1, 0.15) is 50.9 Å². The lowest BCUT2D eigenvalue weighted by Gasteiger charge is -2.54. The molecule has 2 N–H and O–H groups in total. The number of piperidine rings is 1. The van der Waals surface area contributed by atoms with Crippen LogP contribution in [-0.2, 0) is 14.2 Å². The van der Waals surface area contributed by atoms with E-state index in [0.29, 0.717) is 13.2 Å². The molecular formula is C23H34BNO4S. The standard InChI is InChI=1S/C23H34BNO4S/c1-3-4-5-6-7-11-14-27-21-19(16(2)24)23(26,30)20-18(25-21)15-28-22(29-20)17-12-9-8-10-13-17/h3,8-10,12-13,16,18-22,25-26,30H,1,4-7,11,14-15H2,2H3. The number of benzene rings is 1. The Labute approximate surface area is 187 Å². The molecule has 164 valence electrons. The zero-order valence-electron chi connectivity index (χ0n) is 17.8. The number of unbranched alkanes of at least 4 members (excludes halogenated alkanes) is 4. The molecule has 1 aromatic rings. The average Bonchev–Trinajstić information content (AvgIpc) is 2.73. The van der Waals surface area contributed by atoms with Gasteiger partial charge in [-0.3, -0.25) is 5.32 Å². The number of nitrogens with one attached hydrogen (secondary N) is 1. The molecule has 0 aliphatic carbocycles. The molecule has 2 saturated heterocycles. The fraction of sp³-hybridized carbons (Fsp3) is 0.652. The molecule has 7 atom stereocenters. The average molecular weight is 431 g/mol. The van der Waals surface area contributed by atoms with Crippen molar-refractivity contribution in [1.82, 2.24) is 5.32 Å². The van der Waals surface area contributed by atoms with Crippen LogP contribution < -0.4 is 5.32 Å². The molecule has 2 aliphatic heterocycles. The predicted octanol–water partition coefficient (Wildman–Crippen LogP) is 3.76. The van der Waals surface area contributed by atoms with Crippen LogP contribution in [0, 0.1) is 5.92 Å². The first-order valence-corrected chi connectivity index (χ1v) is 11.4. The normalized spacial score (nSPS) is 34.8. The third kappa shape index (κ3) is 5.70. The summed E-state index contributed by atoms with van der Waals surface area (Å²) in [7, 11) is 6.26. The number of thiol groups is 1. The molecule has 2 radical (unpaired) electrons. The first kappa shape index (κ1) is 23.8. The Kier molecular flexibility index (Phi) is 8.87. The van der Waals surface area contributed by atoms with Crippen LogP contribution in [0.15, 0.2) is 43.0 Å². The number of aliphatic hydroxyl groups is 1. The Bertz CT molecular complexity index is 660. The number of hydrogen-bond acceptors (Lipinski definition) is 6. The van der Waals surface area contributed by atoms with Crippen LogP contribution in [0.4, 0.5) is 0 Å². The molecule has 0 bridgehead atoms. The van der Waals surface area contributed by atoms with E-state index in [4.69, 9.17) is 22.1 Å². The SMILES string of the molecule is [B]C(C)C1C(OCCCCCCC=C)NC2COC(c3ccccc3)OC2C1(O)S. The quantitative estimate of drug-likeness (QED) is 0.173. The summed E-state index contributed by atoms with van der Waals surface area (Å²) in [6.07, 6.45) is 5.85. The predicted molar refractivity (Wildman–Crippen MR) is 123 cm³/mol. The van der Waals surface area contributed by atoms with Crippen LogP contribution in [0.3, 0.4) is 0 Å². The van der Waals surface area contributed by atoms with Crippen molar-refractivity contribution in [2.24, 2.45) is 5.92 Å². The largest absolute Gasteiger partial charge is 0.376 e. The van der Waals surface area contributed by atoms with Crippen LogP contribution in [-0.4, -0.2) is 49.5 Å². The minimum atomic E-state index is -1.45. The molecule has 2 heterocycles. The highest BCUT2D eigenvalue weighted by atomic mass is 32.1. The van der Waals surface area contributed by atoms with Crippen LogP contribution in [0.2, 0.25) is 5.82 Å². The van der Waals surface area contributed by atoms with Gasteiger partial charge in [0.15, 0.2) is 6.29 Å². The fourth-order valence-corrected chi connectivity index (χ4v) is 4.97. The maximum absolute atomic E-state index is 11.4. The zero-order chi connectivity index (χ0) is 21.6. The Hall–Kier alpha value is -0.825. The van der Waals surface area contributed by atoms with E-state index in [2.05, 4.69) is 24.5 Å². The summed E-state index contributed by atoms with van der Waals surface area (Å²) in [5.74, 6) is -0.766. The minimum absolute atomic E-state index is 0.236. The van der Waals surface area contributed by atoms with E-state index in [0.717, 1.165) is 37.7 Å². The molecule has 30 heavy (non-hydrogen) atoms. The lowest BCUT2D eigenvalue weighted by molar-refractivity contribution is -0.286. The molecule has 2 fully saturated rings. The summed E-state index contributed by atoms with van der Waals surface area (Å²) < 4.78 is 18.2. The minimum Gasteiger partial charge on any atom is -0.376 e. The van der Waals surface area contributed by atoms with E-state index in [1.54, 1.807) is 0 Å². The second-order valence-electron chi connectivity index (χ2n) is 8.36. The van der Waals surface area contributed by atoms with Crippen molar-refractivity contribution < 1.29 is 19.3 Å². The summed E-state index contributed by atoms with van der Waals surface area (Å²) in [5, 5.41) is 14.9. The molecule has 5 nitrogen and oxygen atoms in total. The number of ether oxygens (including phenoxy) is 3. The first-order chi connectivity index (χ1) is 14.4. The van der Waals surface area contributed by atoms with Crippen molar-refractivity contribution in [1.29, 1.82) is 0 Å². The Morgan fingerprint density at radius 3 is 2.77 bits per heavy atom. The fourth-order valence-electron chi connectivity index (χ4n) is 4.36. The van der Waals surface area contributed by atoms with E-state index in [-0.39, 0.29) is 11.9 Å². The highest BCUT2D eigenvalue weighted by Crippen LogP contribution is 2.45. The molecule has 1 aromatic carbocycles. The molecule has 7 heteroatoms. The summed E-state index contributed by atoms with van der Waals surface area (Å²) in [5.41, 5.74) is 0.909. The molecule has 2 aliphatic rings. The van der Waals surface area contributed by atoms with Gasteiger partial charge in [0.25, 0.3) is 0 Å². The second kappa shape index (κ2) is 11.2. The number of rotatable bonds is 10. The van der Waals surface area contributed by atoms with Crippen LogP contribution in [0.5, 0.6) is 0 Å². The summed E-state index contributed by atoms with van der Waals surface area (Å²) in [6.45, 7) is 6.61. The summed E-state index contributed by atoms with van der Waals surface area (Å²) >= 11 is 4.65. The van der Waals surface area contributed by atoms with Gasteiger partial charge in [-0.25, -0.2) is 0 Å². The molecule has 7 unspecified atom stereocenters. The highest BCUT2D eigenvalue weighted by molar-refractivity contribution is 7.81. The lowest BCUT2D eigenvalue weighted by Crippen LogP contribution is -2.71. The maximum atomic E-state index is 11.4. The maximum Gasteiger partial charge on any atom is 0.184 e. The van der Waals surface area contributed by atoms with Gasteiger partial charge in [-0.05, 0) is 19.3 Å². The van der Waals surface area contributed by atoms with Gasteiger partial charge < -0.3 is 19.3 Å². The van der Waals surface area contributed by atoms with Gasteiger partial charge in [0.05, 0.1) is 20.5 Å². The first-order valence-electron chi connectivity index (χ1n) is 11.0. The van der Waals surface area contributed by atoms with Gasteiger partial charge >= 0.3 is 0 Å². The molecular weight excluding hydrogens is 397 g/mol. The van der Waals surface area contributed by atoms with Crippen LogP contribution >= 0.6 is 12.6 Å².